The summed E-state index contributed by atoms with van der Waals surface area (Å²) in [7, 11) is 0. The molecule has 1 rings (SSSR count). The van der Waals surface area contributed by atoms with Gasteiger partial charge in [0.15, 0.2) is 0 Å². The van der Waals surface area contributed by atoms with E-state index in [0.29, 0.717) is 12.0 Å². The van der Waals surface area contributed by atoms with E-state index in [2.05, 4.69) is 51.2 Å². The summed E-state index contributed by atoms with van der Waals surface area (Å²) in [5.74, 6) is 0.675. The zero-order chi connectivity index (χ0) is 13.5. The summed E-state index contributed by atoms with van der Waals surface area (Å²) in [6.07, 6.45) is 3.40. The Morgan fingerprint density at radius 2 is 2.00 bits per heavy atom. The van der Waals surface area contributed by atoms with Gasteiger partial charge in [-0.1, -0.05) is 50.9 Å². The number of nitrogens with one attached hydrogen (secondary N) is 1. The Kier molecular flexibility index (Phi) is 6.73. The van der Waals surface area contributed by atoms with Crippen LogP contribution in [0.3, 0.4) is 0 Å². The van der Waals surface area contributed by atoms with Crippen molar-refractivity contribution in [3.05, 3.63) is 34.3 Å². The SMILES string of the molecule is CCCNC(Cc1ccc(C)cc1Cl)C(C)CC. The normalized spacial score (nSPS) is 14.5. The number of benzene rings is 1. The molecule has 0 heterocycles. The Balaban J connectivity index is 2.75. The lowest BCUT2D eigenvalue weighted by atomic mass is 9.92. The van der Waals surface area contributed by atoms with E-state index < -0.39 is 0 Å². The van der Waals surface area contributed by atoms with Crippen LogP contribution in [0.1, 0.15) is 44.7 Å². The fraction of sp³-hybridized carbons (Fsp3) is 0.625. The van der Waals surface area contributed by atoms with Crippen LogP contribution in [0.2, 0.25) is 5.02 Å². The first-order chi connectivity index (χ1) is 8.58. The maximum Gasteiger partial charge on any atom is 0.0441 e. The van der Waals surface area contributed by atoms with Gasteiger partial charge in [-0.15, -0.1) is 0 Å². The second-order valence-electron chi connectivity index (χ2n) is 5.25. The fourth-order valence-corrected chi connectivity index (χ4v) is 2.46. The number of hydrogen-bond donors (Lipinski definition) is 1. The third kappa shape index (κ3) is 4.62. The monoisotopic (exact) mass is 267 g/mol. The number of aryl methyl sites for hydroxylation is 1. The predicted molar refractivity (Wildman–Crippen MR) is 81.4 cm³/mol. The first-order valence-corrected chi connectivity index (χ1v) is 7.44. The molecular weight excluding hydrogens is 242 g/mol. The van der Waals surface area contributed by atoms with Crippen LogP contribution in [0.15, 0.2) is 18.2 Å². The molecule has 18 heavy (non-hydrogen) atoms. The molecule has 0 radical (unpaired) electrons. The average Bonchev–Trinajstić information content (AvgIpc) is 2.36. The van der Waals surface area contributed by atoms with Gasteiger partial charge in [0.1, 0.15) is 0 Å². The van der Waals surface area contributed by atoms with Crippen LogP contribution >= 0.6 is 11.6 Å². The molecule has 1 aromatic rings. The number of halogens is 1. The van der Waals surface area contributed by atoms with Gasteiger partial charge in [-0.2, -0.15) is 0 Å². The molecule has 102 valence electrons. The van der Waals surface area contributed by atoms with Crippen molar-refractivity contribution in [1.82, 2.24) is 5.32 Å². The Labute approximate surface area is 117 Å². The molecule has 0 bridgehead atoms. The maximum absolute atomic E-state index is 6.33. The van der Waals surface area contributed by atoms with Gasteiger partial charge in [0.05, 0.1) is 0 Å². The molecule has 0 amide bonds. The molecule has 0 spiro atoms. The van der Waals surface area contributed by atoms with Crippen molar-refractivity contribution >= 4 is 11.6 Å². The Morgan fingerprint density at radius 1 is 1.28 bits per heavy atom. The van der Waals surface area contributed by atoms with Crippen LogP contribution < -0.4 is 5.32 Å². The van der Waals surface area contributed by atoms with Gasteiger partial charge in [0.25, 0.3) is 0 Å². The zero-order valence-corrected chi connectivity index (χ0v) is 12.8. The predicted octanol–water partition coefficient (Wildman–Crippen LogP) is 4.61. The molecule has 2 atom stereocenters. The average molecular weight is 268 g/mol. The van der Waals surface area contributed by atoms with E-state index in [9.17, 15) is 0 Å². The molecule has 1 nitrogen and oxygen atoms in total. The third-order valence-corrected chi connectivity index (χ3v) is 3.99. The lowest BCUT2D eigenvalue weighted by Crippen LogP contribution is -2.37. The first kappa shape index (κ1) is 15.5. The first-order valence-electron chi connectivity index (χ1n) is 7.06. The molecule has 0 fully saturated rings. The molecular formula is C16H26ClN. The molecule has 0 aliphatic heterocycles. The molecule has 2 unspecified atom stereocenters. The van der Waals surface area contributed by atoms with Crippen molar-refractivity contribution in [3.8, 4) is 0 Å². The third-order valence-electron chi connectivity index (χ3n) is 3.64. The zero-order valence-electron chi connectivity index (χ0n) is 12.1. The van der Waals surface area contributed by atoms with Gasteiger partial charge < -0.3 is 5.32 Å². The maximum atomic E-state index is 6.33. The summed E-state index contributed by atoms with van der Waals surface area (Å²) >= 11 is 6.33. The highest BCUT2D eigenvalue weighted by molar-refractivity contribution is 6.31. The van der Waals surface area contributed by atoms with Gasteiger partial charge in [0, 0.05) is 11.1 Å². The largest absolute Gasteiger partial charge is 0.313 e. The summed E-state index contributed by atoms with van der Waals surface area (Å²) in [4.78, 5) is 0. The molecule has 0 aliphatic carbocycles. The van der Waals surface area contributed by atoms with E-state index in [-0.39, 0.29) is 0 Å². The highest BCUT2D eigenvalue weighted by Crippen LogP contribution is 2.22. The topological polar surface area (TPSA) is 12.0 Å². The van der Waals surface area contributed by atoms with Crippen molar-refractivity contribution < 1.29 is 0 Å². The van der Waals surface area contributed by atoms with Gasteiger partial charge in [-0.25, -0.2) is 0 Å². The summed E-state index contributed by atoms with van der Waals surface area (Å²) in [6.45, 7) is 9.94. The minimum Gasteiger partial charge on any atom is -0.313 e. The van der Waals surface area contributed by atoms with Crippen molar-refractivity contribution in [1.29, 1.82) is 0 Å². The van der Waals surface area contributed by atoms with Crippen molar-refractivity contribution in [2.45, 2.75) is 53.0 Å². The highest BCUT2D eigenvalue weighted by atomic mass is 35.5. The van der Waals surface area contributed by atoms with E-state index in [1.165, 1.54) is 24.0 Å². The second kappa shape index (κ2) is 7.81. The Hall–Kier alpha value is -0.530. The molecule has 0 aromatic heterocycles. The van der Waals surface area contributed by atoms with Crippen LogP contribution in [-0.2, 0) is 6.42 Å². The molecule has 0 saturated heterocycles. The fourth-order valence-electron chi connectivity index (χ4n) is 2.14. The second-order valence-corrected chi connectivity index (χ2v) is 5.65. The summed E-state index contributed by atoms with van der Waals surface area (Å²) < 4.78 is 0. The number of hydrogen-bond acceptors (Lipinski definition) is 1. The summed E-state index contributed by atoms with van der Waals surface area (Å²) in [5.41, 5.74) is 2.49. The van der Waals surface area contributed by atoms with Crippen LogP contribution in [0.5, 0.6) is 0 Å². The Morgan fingerprint density at radius 3 is 2.56 bits per heavy atom. The minimum atomic E-state index is 0.523. The smallest absolute Gasteiger partial charge is 0.0441 e. The quantitative estimate of drug-likeness (QED) is 0.761. The highest BCUT2D eigenvalue weighted by Gasteiger charge is 2.16. The van der Waals surface area contributed by atoms with E-state index in [1.807, 2.05) is 0 Å². The van der Waals surface area contributed by atoms with Gasteiger partial charge >= 0.3 is 0 Å². The summed E-state index contributed by atoms with van der Waals surface area (Å²) in [6, 6.07) is 6.90. The molecule has 2 heteroatoms. The van der Waals surface area contributed by atoms with Crippen molar-refractivity contribution in [2.75, 3.05) is 6.54 Å². The van der Waals surface area contributed by atoms with E-state index >= 15 is 0 Å². The number of rotatable bonds is 7. The van der Waals surface area contributed by atoms with Crippen molar-refractivity contribution in [2.24, 2.45) is 5.92 Å². The van der Waals surface area contributed by atoms with Gasteiger partial charge in [0.2, 0.25) is 0 Å². The molecule has 0 saturated carbocycles. The van der Waals surface area contributed by atoms with Crippen LogP contribution in [0.4, 0.5) is 0 Å². The van der Waals surface area contributed by atoms with Crippen LogP contribution in [0, 0.1) is 12.8 Å². The van der Waals surface area contributed by atoms with Gasteiger partial charge in [-0.05, 0) is 49.4 Å². The lowest BCUT2D eigenvalue weighted by molar-refractivity contribution is 0.365. The molecule has 1 N–H and O–H groups in total. The summed E-state index contributed by atoms with van der Waals surface area (Å²) in [5, 5.41) is 4.56. The Bertz CT molecular complexity index is 362. The van der Waals surface area contributed by atoms with Crippen molar-refractivity contribution in [3.63, 3.8) is 0 Å². The molecule has 1 aromatic carbocycles. The lowest BCUT2D eigenvalue weighted by Gasteiger charge is -2.25. The van der Waals surface area contributed by atoms with Gasteiger partial charge in [-0.3, -0.25) is 0 Å². The minimum absolute atomic E-state index is 0.523. The molecule has 0 aliphatic rings. The van der Waals surface area contributed by atoms with Crippen LogP contribution in [0.25, 0.3) is 0 Å². The van der Waals surface area contributed by atoms with E-state index in [1.54, 1.807) is 0 Å². The van der Waals surface area contributed by atoms with E-state index in [4.69, 9.17) is 11.6 Å². The van der Waals surface area contributed by atoms with Crippen LogP contribution in [-0.4, -0.2) is 12.6 Å². The van der Waals surface area contributed by atoms with E-state index in [0.717, 1.165) is 18.0 Å². The standard InChI is InChI=1S/C16H26ClN/c1-5-9-18-16(13(4)6-2)11-14-8-7-12(3)10-15(14)17/h7-8,10,13,16,18H,5-6,9,11H2,1-4H3.